The Labute approximate surface area is 121 Å². The van der Waals surface area contributed by atoms with Gasteiger partial charge in [-0.15, -0.1) is 0 Å². The number of methoxy groups -OCH3 is 1. The van der Waals surface area contributed by atoms with Gasteiger partial charge in [-0.05, 0) is 50.7 Å². The number of carbonyl (C=O) groups excluding carboxylic acids is 1. The van der Waals surface area contributed by atoms with Crippen LogP contribution in [0.25, 0.3) is 0 Å². The van der Waals surface area contributed by atoms with E-state index in [0.29, 0.717) is 6.04 Å². The SMILES string of the molecule is COC(=O)C1CCC(NCc2ccc(C)cc2C)CC1. The van der Waals surface area contributed by atoms with Gasteiger partial charge in [0.25, 0.3) is 0 Å². The van der Waals surface area contributed by atoms with Gasteiger partial charge in [0.2, 0.25) is 0 Å². The second-order valence-electron chi connectivity index (χ2n) is 5.88. The molecule has 1 aliphatic carbocycles. The Hall–Kier alpha value is -1.35. The minimum Gasteiger partial charge on any atom is -0.469 e. The van der Waals surface area contributed by atoms with E-state index in [-0.39, 0.29) is 11.9 Å². The number of hydrogen-bond donors (Lipinski definition) is 1. The van der Waals surface area contributed by atoms with Gasteiger partial charge in [-0.25, -0.2) is 0 Å². The number of esters is 1. The van der Waals surface area contributed by atoms with Crippen LogP contribution in [0.5, 0.6) is 0 Å². The molecular weight excluding hydrogens is 250 g/mol. The zero-order chi connectivity index (χ0) is 14.5. The molecule has 3 heteroatoms. The Balaban J connectivity index is 1.80. The molecule has 0 unspecified atom stereocenters. The van der Waals surface area contributed by atoms with Crippen molar-refractivity contribution in [1.29, 1.82) is 0 Å². The average molecular weight is 275 g/mol. The highest BCUT2D eigenvalue weighted by atomic mass is 16.5. The number of rotatable bonds is 4. The maximum Gasteiger partial charge on any atom is 0.308 e. The molecule has 1 N–H and O–H groups in total. The third-order valence-electron chi connectivity index (χ3n) is 4.34. The van der Waals surface area contributed by atoms with Crippen molar-refractivity contribution in [3.8, 4) is 0 Å². The molecular formula is C17H25NO2. The normalized spacial score (nSPS) is 22.6. The lowest BCUT2D eigenvalue weighted by molar-refractivity contribution is -0.146. The molecule has 0 radical (unpaired) electrons. The van der Waals surface area contributed by atoms with E-state index in [4.69, 9.17) is 4.74 Å². The molecule has 1 aromatic rings. The van der Waals surface area contributed by atoms with E-state index < -0.39 is 0 Å². The lowest BCUT2D eigenvalue weighted by Crippen LogP contribution is -2.35. The van der Waals surface area contributed by atoms with Gasteiger partial charge in [0.05, 0.1) is 13.0 Å². The molecule has 0 aliphatic heterocycles. The van der Waals surface area contributed by atoms with E-state index in [1.54, 1.807) is 0 Å². The minimum atomic E-state index is -0.0437. The number of aryl methyl sites for hydroxylation is 2. The molecule has 3 nitrogen and oxygen atoms in total. The molecule has 0 bridgehead atoms. The van der Waals surface area contributed by atoms with Gasteiger partial charge in [0.1, 0.15) is 0 Å². The maximum absolute atomic E-state index is 11.5. The Kier molecular flexibility index (Phi) is 5.18. The quantitative estimate of drug-likeness (QED) is 0.858. The van der Waals surface area contributed by atoms with Gasteiger partial charge in [-0.1, -0.05) is 23.8 Å². The van der Waals surface area contributed by atoms with Gasteiger partial charge in [0.15, 0.2) is 0 Å². The van der Waals surface area contributed by atoms with E-state index in [0.717, 1.165) is 32.2 Å². The van der Waals surface area contributed by atoms with E-state index in [1.165, 1.54) is 23.8 Å². The van der Waals surface area contributed by atoms with E-state index in [1.807, 2.05) is 0 Å². The van der Waals surface area contributed by atoms with Crippen LogP contribution < -0.4 is 5.32 Å². The monoisotopic (exact) mass is 275 g/mol. The smallest absolute Gasteiger partial charge is 0.308 e. The fourth-order valence-electron chi connectivity index (χ4n) is 3.00. The summed E-state index contributed by atoms with van der Waals surface area (Å²) in [7, 11) is 1.48. The summed E-state index contributed by atoms with van der Waals surface area (Å²) in [4.78, 5) is 11.5. The number of carbonyl (C=O) groups is 1. The average Bonchev–Trinajstić information content (AvgIpc) is 2.46. The fraction of sp³-hybridized carbons (Fsp3) is 0.588. The topological polar surface area (TPSA) is 38.3 Å². The number of nitrogens with one attached hydrogen (secondary N) is 1. The Morgan fingerprint density at radius 3 is 2.55 bits per heavy atom. The summed E-state index contributed by atoms with van der Waals surface area (Å²) in [6, 6.07) is 7.12. The van der Waals surface area contributed by atoms with Gasteiger partial charge in [-0.3, -0.25) is 4.79 Å². The van der Waals surface area contributed by atoms with E-state index >= 15 is 0 Å². The summed E-state index contributed by atoms with van der Waals surface area (Å²) in [5.41, 5.74) is 4.02. The van der Waals surface area contributed by atoms with Crippen molar-refractivity contribution in [1.82, 2.24) is 5.32 Å². The van der Waals surface area contributed by atoms with Gasteiger partial charge < -0.3 is 10.1 Å². The van der Waals surface area contributed by atoms with Crippen molar-refractivity contribution in [2.24, 2.45) is 5.92 Å². The number of ether oxygens (including phenoxy) is 1. The fourth-order valence-corrected chi connectivity index (χ4v) is 3.00. The predicted octanol–water partition coefficient (Wildman–Crippen LogP) is 3.12. The molecule has 1 aromatic carbocycles. The highest BCUT2D eigenvalue weighted by Gasteiger charge is 2.26. The second-order valence-corrected chi connectivity index (χ2v) is 5.88. The van der Waals surface area contributed by atoms with Crippen LogP contribution in [0.4, 0.5) is 0 Å². The highest BCUT2D eigenvalue weighted by molar-refractivity contribution is 5.72. The standard InChI is InChI=1S/C17H25NO2/c1-12-4-5-15(13(2)10-12)11-18-16-8-6-14(7-9-16)17(19)20-3/h4-5,10,14,16,18H,6-9,11H2,1-3H3. The minimum absolute atomic E-state index is 0.0437. The molecule has 110 valence electrons. The Bertz CT molecular complexity index is 462. The summed E-state index contributed by atoms with van der Waals surface area (Å²) < 4.78 is 4.82. The van der Waals surface area contributed by atoms with Crippen LogP contribution in [-0.4, -0.2) is 19.1 Å². The van der Waals surface area contributed by atoms with Crippen LogP contribution in [0.2, 0.25) is 0 Å². The summed E-state index contributed by atoms with van der Waals surface area (Å²) >= 11 is 0. The lowest BCUT2D eigenvalue weighted by atomic mass is 9.86. The molecule has 1 aliphatic rings. The van der Waals surface area contributed by atoms with Crippen LogP contribution in [0.3, 0.4) is 0 Å². The van der Waals surface area contributed by atoms with Crippen molar-refractivity contribution >= 4 is 5.97 Å². The maximum atomic E-state index is 11.5. The first kappa shape index (κ1) is 15.0. The lowest BCUT2D eigenvalue weighted by Gasteiger charge is -2.28. The molecule has 0 aromatic heterocycles. The zero-order valence-electron chi connectivity index (χ0n) is 12.7. The Morgan fingerprint density at radius 2 is 1.95 bits per heavy atom. The van der Waals surface area contributed by atoms with Gasteiger partial charge >= 0.3 is 5.97 Å². The molecule has 0 atom stereocenters. The number of hydrogen-bond acceptors (Lipinski definition) is 3. The molecule has 20 heavy (non-hydrogen) atoms. The van der Waals surface area contributed by atoms with E-state index in [9.17, 15) is 4.79 Å². The predicted molar refractivity (Wildman–Crippen MR) is 80.5 cm³/mol. The molecule has 0 saturated heterocycles. The largest absolute Gasteiger partial charge is 0.469 e. The first-order valence-corrected chi connectivity index (χ1v) is 7.47. The molecule has 0 heterocycles. The summed E-state index contributed by atoms with van der Waals surface area (Å²) in [6.45, 7) is 5.20. The van der Waals surface area contributed by atoms with E-state index in [2.05, 4.69) is 37.4 Å². The third kappa shape index (κ3) is 3.83. The van der Waals surface area contributed by atoms with Crippen LogP contribution >= 0.6 is 0 Å². The first-order chi connectivity index (χ1) is 9.60. The van der Waals surface area contributed by atoms with Gasteiger partial charge in [-0.2, -0.15) is 0 Å². The zero-order valence-corrected chi connectivity index (χ0v) is 12.7. The summed E-state index contributed by atoms with van der Waals surface area (Å²) in [5, 5.41) is 3.62. The van der Waals surface area contributed by atoms with Crippen LogP contribution in [-0.2, 0) is 16.1 Å². The van der Waals surface area contributed by atoms with Crippen LogP contribution in [0.1, 0.15) is 42.4 Å². The number of benzene rings is 1. The first-order valence-electron chi connectivity index (χ1n) is 7.47. The summed E-state index contributed by atoms with van der Waals surface area (Å²) in [6.07, 6.45) is 4.00. The highest BCUT2D eigenvalue weighted by Crippen LogP contribution is 2.25. The summed E-state index contributed by atoms with van der Waals surface area (Å²) in [5.74, 6) is 0.0667. The van der Waals surface area contributed by atoms with Gasteiger partial charge in [0, 0.05) is 12.6 Å². The molecule has 1 saturated carbocycles. The Morgan fingerprint density at radius 1 is 1.25 bits per heavy atom. The molecule has 2 rings (SSSR count). The molecule has 0 amide bonds. The van der Waals surface area contributed by atoms with Crippen LogP contribution in [0.15, 0.2) is 18.2 Å². The molecule has 0 spiro atoms. The van der Waals surface area contributed by atoms with Crippen molar-refractivity contribution in [3.05, 3.63) is 34.9 Å². The van der Waals surface area contributed by atoms with Crippen molar-refractivity contribution < 1.29 is 9.53 Å². The van der Waals surface area contributed by atoms with Crippen molar-refractivity contribution in [2.75, 3.05) is 7.11 Å². The van der Waals surface area contributed by atoms with Crippen LogP contribution in [0, 0.1) is 19.8 Å². The second kappa shape index (κ2) is 6.89. The van der Waals surface area contributed by atoms with Crippen molar-refractivity contribution in [2.45, 2.75) is 52.1 Å². The van der Waals surface area contributed by atoms with Crippen molar-refractivity contribution in [3.63, 3.8) is 0 Å². The third-order valence-corrected chi connectivity index (χ3v) is 4.34. The molecule has 1 fully saturated rings.